The normalized spacial score (nSPS) is 20.6. The first-order valence-electron chi connectivity index (χ1n) is 11.5. The van der Waals surface area contributed by atoms with Crippen molar-refractivity contribution in [2.24, 2.45) is 5.41 Å². The third kappa shape index (κ3) is 6.96. The van der Waals surface area contributed by atoms with Gasteiger partial charge >= 0.3 is 0 Å². The first-order valence-corrected chi connectivity index (χ1v) is 13.8. The number of thiophene rings is 1. The maximum atomic E-state index is 13.2. The summed E-state index contributed by atoms with van der Waals surface area (Å²) in [5, 5.41) is 7.23. The lowest BCUT2D eigenvalue weighted by Gasteiger charge is -2.27. The van der Waals surface area contributed by atoms with Gasteiger partial charge in [-0.1, -0.05) is 32.9 Å². The van der Waals surface area contributed by atoms with Gasteiger partial charge < -0.3 is 10.6 Å². The quantitative estimate of drug-likeness (QED) is 0.578. The number of hydrogen-bond donors (Lipinski definition) is 2. The van der Waals surface area contributed by atoms with Crippen LogP contribution in [0.2, 0.25) is 0 Å². The fourth-order valence-electron chi connectivity index (χ4n) is 3.96. The maximum Gasteiger partial charge on any atom is 0.261 e. The van der Waals surface area contributed by atoms with Crippen LogP contribution in [0.5, 0.6) is 0 Å². The summed E-state index contributed by atoms with van der Waals surface area (Å²) in [6, 6.07) is 5.88. The highest BCUT2D eigenvalue weighted by atomic mass is 32.2. The van der Waals surface area contributed by atoms with E-state index >= 15 is 0 Å². The van der Waals surface area contributed by atoms with Gasteiger partial charge in [0.05, 0.1) is 17.5 Å². The zero-order chi connectivity index (χ0) is 25.8. The van der Waals surface area contributed by atoms with Crippen LogP contribution in [-0.2, 0) is 19.6 Å². The monoisotopic (exact) mass is 520 g/mol. The fourth-order valence-corrected chi connectivity index (χ4v) is 6.15. The Kier molecular flexibility index (Phi) is 8.45. The van der Waals surface area contributed by atoms with Crippen molar-refractivity contribution in [2.75, 3.05) is 6.54 Å². The summed E-state index contributed by atoms with van der Waals surface area (Å²) < 4.78 is 27.3. The lowest BCUT2D eigenvalue weighted by atomic mass is 9.87. The molecule has 0 unspecified atom stereocenters. The molecule has 2 aromatic rings. The number of pyridine rings is 1. The second kappa shape index (κ2) is 11.0. The van der Waals surface area contributed by atoms with Crippen LogP contribution in [0.1, 0.15) is 56.6 Å². The zero-order valence-corrected chi connectivity index (χ0v) is 22.0. The SMILES string of the molecule is C[C@@H]1CC[C@H](NC(=O)[C@H](CC(C)(C)C)NC(=O)c2cccs2)C(=O)CN1S(=O)(=O)c1ccccn1. The third-order valence-electron chi connectivity index (χ3n) is 5.78. The van der Waals surface area contributed by atoms with Gasteiger partial charge in [-0.3, -0.25) is 14.4 Å². The van der Waals surface area contributed by atoms with E-state index in [1.165, 1.54) is 23.6 Å². The number of rotatable bonds is 7. The number of ketones is 1. The zero-order valence-electron chi connectivity index (χ0n) is 20.4. The first kappa shape index (κ1) is 27.0. The molecule has 3 heterocycles. The number of nitrogens with one attached hydrogen (secondary N) is 2. The van der Waals surface area contributed by atoms with Gasteiger partial charge in [0.1, 0.15) is 6.04 Å². The van der Waals surface area contributed by atoms with Gasteiger partial charge in [0, 0.05) is 12.2 Å². The van der Waals surface area contributed by atoms with E-state index in [0.717, 1.165) is 4.31 Å². The van der Waals surface area contributed by atoms with Gasteiger partial charge in [0.2, 0.25) is 5.91 Å². The minimum absolute atomic E-state index is 0.122. The first-order chi connectivity index (χ1) is 16.4. The van der Waals surface area contributed by atoms with Crippen molar-refractivity contribution in [1.82, 2.24) is 19.9 Å². The summed E-state index contributed by atoms with van der Waals surface area (Å²) in [5.41, 5.74) is -0.264. The predicted molar refractivity (Wildman–Crippen MR) is 133 cm³/mol. The molecule has 2 amide bonds. The number of sulfonamides is 1. The number of nitrogens with zero attached hydrogens (tertiary/aromatic N) is 2. The van der Waals surface area contributed by atoms with E-state index < -0.39 is 39.8 Å². The van der Waals surface area contributed by atoms with Crippen molar-refractivity contribution >= 4 is 39.0 Å². The molecule has 0 spiro atoms. The van der Waals surface area contributed by atoms with Gasteiger partial charge in [-0.05, 0) is 55.2 Å². The van der Waals surface area contributed by atoms with Gasteiger partial charge in [0.15, 0.2) is 10.8 Å². The largest absolute Gasteiger partial charge is 0.344 e. The van der Waals surface area contributed by atoms with Crippen LogP contribution < -0.4 is 10.6 Å². The van der Waals surface area contributed by atoms with Crippen LogP contribution in [0, 0.1) is 5.41 Å². The second-order valence-electron chi connectivity index (χ2n) is 9.94. The van der Waals surface area contributed by atoms with Gasteiger partial charge in [-0.15, -0.1) is 11.3 Å². The number of carbonyl (C=O) groups is 3. The molecule has 3 rings (SSSR count). The number of Topliss-reactive ketones (excluding diaryl/α,β-unsaturated/α-hetero) is 1. The summed E-state index contributed by atoms with van der Waals surface area (Å²) in [6.07, 6.45) is 2.43. The summed E-state index contributed by atoms with van der Waals surface area (Å²) >= 11 is 1.28. The minimum Gasteiger partial charge on any atom is -0.344 e. The highest BCUT2D eigenvalue weighted by molar-refractivity contribution is 7.89. The van der Waals surface area contributed by atoms with Crippen LogP contribution in [0.15, 0.2) is 46.9 Å². The lowest BCUT2D eigenvalue weighted by Crippen LogP contribution is -2.53. The Balaban J connectivity index is 1.74. The Morgan fingerprint density at radius 1 is 1.20 bits per heavy atom. The molecule has 1 aliphatic heterocycles. The van der Waals surface area contributed by atoms with Crippen LogP contribution in [0.3, 0.4) is 0 Å². The summed E-state index contributed by atoms with van der Waals surface area (Å²) in [5.74, 6) is -1.21. The molecular weight excluding hydrogens is 488 g/mol. The molecule has 1 fully saturated rings. The predicted octanol–water partition coefficient (Wildman–Crippen LogP) is 2.60. The van der Waals surface area contributed by atoms with E-state index in [0.29, 0.717) is 24.1 Å². The van der Waals surface area contributed by atoms with Crippen molar-refractivity contribution in [2.45, 2.75) is 70.1 Å². The molecule has 3 atom stereocenters. The third-order valence-corrected chi connectivity index (χ3v) is 8.52. The molecule has 0 radical (unpaired) electrons. The van der Waals surface area contributed by atoms with Gasteiger partial charge in [0.25, 0.3) is 15.9 Å². The Morgan fingerprint density at radius 2 is 1.94 bits per heavy atom. The van der Waals surface area contributed by atoms with Gasteiger partial charge in [-0.2, -0.15) is 4.31 Å². The molecule has 2 N–H and O–H groups in total. The summed E-state index contributed by atoms with van der Waals surface area (Å²) in [7, 11) is -3.97. The average molecular weight is 521 g/mol. The van der Waals surface area contributed by atoms with Gasteiger partial charge in [-0.25, -0.2) is 13.4 Å². The number of amides is 2. The highest BCUT2D eigenvalue weighted by Gasteiger charge is 2.38. The summed E-state index contributed by atoms with van der Waals surface area (Å²) in [6.45, 7) is 7.26. The minimum atomic E-state index is -3.97. The molecule has 1 aliphatic rings. The number of carbonyl (C=O) groups excluding carboxylic acids is 3. The molecule has 0 aliphatic carbocycles. The Bertz CT molecular complexity index is 1140. The molecule has 190 valence electrons. The number of aromatic nitrogens is 1. The molecule has 0 aromatic carbocycles. The van der Waals surface area contributed by atoms with E-state index in [1.54, 1.807) is 36.6 Å². The average Bonchev–Trinajstić information content (AvgIpc) is 3.29. The Labute approximate surface area is 210 Å². The molecule has 11 heteroatoms. The van der Waals surface area contributed by atoms with E-state index in [1.807, 2.05) is 20.8 Å². The van der Waals surface area contributed by atoms with Crippen molar-refractivity contribution in [1.29, 1.82) is 0 Å². The van der Waals surface area contributed by atoms with Crippen LogP contribution in [0.25, 0.3) is 0 Å². The Morgan fingerprint density at radius 3 is 2.54 bits per heavy atom. The standard InChI is InChI=1S/C24H32N4O5S2/c1-16-10-11-17(19(29)15-28(16)35(32,33)21-9-5-6-12-25-21)26-22(30)18(14-24(2,3)4)27-23(31)20-8-7-13-34-20/h5-9,12-13,16-18H,10-11,14-15H2,1-4H3,(H,26,30)(H,27,31)/t16-,17+,18+/m1/s1. The molecule has 0 saturated carbocycles. The second-order valence-corrected chi connectivity index (χ2v) is 12.7. The highest BCUT2D eigenvalue weighted by Crippen LogP contribution is 2.24. The molecule has 2 aromatic heterocycles. The molecule has 1 saturated heterocycles. The van der Waals surface area contributed by atoms with Crippen LogP contribution in [0.4, 0.5) is 0 Å². The summed E-state index contributed by atoms with van der Waals surface area (Å²) in [4.78, 5) is 43.3. The fraction of sp³-hybridized carbons (Fsp3) is 0.500. The van der Waals surface area contributed by atoms with Crippen molar-refractivity contribution in [3.63, 3.8) is 0 Å². The topological polar surface area (TPSA) is 126 Å². The maximum absolute atomic E-state index is 13.2. The lowest BCUT2D eigenvalue weighted by molar-refractivity contribution is -0.129. The van der Waals surface area contributed by atoms with E-state index in [4.69, 9.17) is 0 Å². The van der Waals surface area contributed by atoms with Crippen molar-refractivity contribution in [3.05, 3.63) is 46.8 Å². The molecule has 9 nitrogen and oxygen atoms in total. The van der Waals surface area contributed by atoms with Crippen molar-refractivity contribution in [3.8, 4) is 0 Å². The molecule has 0 bridgehead atoms. The van der Waals surface area contributed by atoms with Crippen LogP contribution in [-0.4, -0.2) is 60.0 Å². The number of hydrogen-bond acceptors (Lipinski definition) is 7. The Hall–Kier alpha value is -2.63. The molecular formula is C24H32N4O5S2. The smallest absolute Gasteiger partial charge is 0.261 e. The van der Waals surface area contributed by atoms with E-state index in [2.05, 4.69) is 15.6 Å². The van der Waals surface area contributed by atoms with E-state index in [-0.39, 0.29) is 22.9 Å². The van der Waals surface area contributed by atoms with Crippen molar-refractivity contribution < 1.29 is 22.8 Å². The molecule has 35 heavy (non-hydrogen) atoms. The van der Waals surface area contributed by atoms with Crippen LogP contribution >= 0.6 is 11.3 Å². The van der Waals surface area contributed by atoms with E-state index in [9.17, 15) is 22.8 Å².